The van der Waals surface area contributed by atoms with Gasteiger partial charge in [-0.15, -0.1) is 16.8 Å². The smallest absolute Gasteiger partial charge is 0.274 e. The van der Waals surface area contributed by atoms with Crippen molar-refractivity contribution >= 4 is 29.6 Å². The summed E-state index contributed by atoms with van der Waals surface area (Å²) in [5.74, 6) is 0.379. The van der Waals surface area contributed by atoms with Crippen LogP contribution in [0.4, 0.5) is 5.69 Å². The van der Waals surface area contributed by atoms with Gasteiger partial charge in [-0.3, -0.25) is 19.5 Å². The Bertz CT molecular complexity index is 1260. The second kappa shape index (κ2) is 12.4. The summed E-state index contributed by atoms with van der Waals surface area (Å²) >= 11 is 1.16. The van der Waals surface area contributed by atoms with Crippen molar-refractivity contribution in [2.45, 2.75) is 30.5 Å². The largest absolute Gasteiger partial charge is 0.504 e. The highest BCUT2D eigenvalue weighted by atomic mass is 32.2. The van der Waals surface area contributed by atoms with Crippen molar-refractivity contribution in [3.05, 3.63) is 76.6 Å². The van der Waals surface area contributed by atoms with Gasteiger partial charge in [0.1, 0.15) is 12.4 Å². The van der Waals surface area contributed by atoms with Gasteiger partial charge in [-0.1, -0.05) is 36.0 Å². The molecule has 0 radical (unpaired) electrons. The predicted octanol–water partition coefficient (Wildman–Crippen LogP) is 3.30. The van der Waals surface area contributed by atoms with Crippen LogP contribution < -0.4 is 14.9 Å². The number of nitro groups is 1. The van der Waals surface area contributed by atoms with Gasteiger partial charge in [0, 0.05) is 18.2 Å². The second-order valence-corrected chi connectivity index (χ2v) is 8.55. The van der Waals surface area contributed by atoms with Gasteiger partial charge in [-0.25, -0.2) is 5.43 Å². The number of aromatic hydroxyl groups is 1. The average molecular weight is 513 g/mol. The molecular weight excluding hydrogens is 488 g/mol. The number of nitro benzene ring substituents is 1. The molecule has 36 heavy (non-hydrogen) atoms. The van der Waals surface area contributed by atoms with E-state index in [1.807, 2.05) is 30.3 Å². The predicted molar refractivity (Wildman–Crippen MR) is 133 cm³/mol. The highest BCUT2D eigenvalue weighted by Gasteiger charge is 2.20. The molecule has 0 aliphatic carbocycles. The van der Waals surface area contributed by atoms with Crippen LogP contribution in [0.3, 0.4) is 0 Å². The lowest BCUT2D eigenvalue weighted by atomic mass is 10.2. The Labute approximate surface area is 210 Å². The van der Waals surface area contributed by atoms with Crippen molar-refractivity contribution in [1.82, 2.24) is 20.2 Å². The number of amides is 1. The van der Waals surface area contributed by atoms with Crippen LogP contribution in [0.15, 0.2) is 65.4 Å². The number of carbonyl (C=O) groups excluding carboxylic acids is 1. The molecule has 0 saturated carbocycles. The molecule has 3 aromatic rings. The number of ether oxygens (including phenoxy) is 2. The fourth-order valence-corrected chi connectivity index (χ4v) is 3.80. The van der Waals surface area contributed by atoms with Crippen molar-refractivity contribution in [1.29, 1.82) is 0 Å². The lowest BCUT2D eigenvalue weighted by Gasteiger charge is -2.12. The summed E-state index contributed by atoms with van der Waals surface area (Å²) in [5.41, 5.74) is 2.07. The van der Waals surface area contributed by atoms with Gasteiger partial charge in [0.05, 0.1) is 29.6 Å². The summed E-state index contributed by atoms with van der Waals surface area (Å²) in [4.78, 5) is 23.0. The Balaban J connectivity index is 1.66. The molecule has 0 spiro atoms. The number of hydrogen-bond acceptors (Lipinski definition) is 10. The van der Waals surface area contributed by atoms with Crippen molar-refractivity contribution in [3.63, 3.8) is 0 Å². The van der Waals surface area contributed by atoms with Crippen molar-refractivity contribution in [2.75, 3.05) is 7.11 Å². The van der Waals surface area contributed by atoms with Crippen LogP contribution in [-0.4, -0.2) is 49.3 Å². The minimum absolute atomic E-state index is 0.00967. The van der Waals surface area contributed by atoms with Crippen LogP contribution in [0.1, 0.15) is 18.3 Å². The number of nitrogens with zero attached hydrogens (tertiary/aromatic N) is 5. The van der Waals surface area contributed by atoms with E-state index in [1.54, 1.807) is 17.6 Å². The summed E-state index contributed by atoms with van der Waals surface area (Å²) in [6.07, 6.45) is 2.79. The quantitative estimate of drug-likeness (QED) is 0.122. The summed E-state index contributed by atoms with van der Waals surface area (Å²) < 4.78 is 12.5. The first-order chi connectivity index (χ1) is 17.3. The molecule has 0 unspecified atom stereocenters. The molecule has 0 fully saturated rings. The molecule has 0 saturated heterocycles. The molecule has 0 aliphatic rings. The molecule has 12 nitrogen and oxygen atoms in total. The Morgan fingerprint density at radius 2 is 2.11 bits per heavy atom. The average Bonchev–Trinajstić information content (AvgIpc) is 3.25. The Morgan fingerprint density at radius 3 is 2.78 bits per heavy atom. The number of allylic oxidation sites excluding steroid dienone is 1. The van der Waals surface area contributed by atoms with E-state index in [-0.39, 0.29) is 29.4 Å². The first-order valence-corrected chi connectivity index (χ1v) is 11.5. The number of nitrogens with one attached hydrogen (secondary N) is 1. The molecular formula is C23H24N6O6S. The maximum absolute atomic E-state index is 12.6. The number of carbonyl (C=O) groups is 1. The fourth-order valence-electron chi connectivity index (χ4n) is 2.93. The minimum atomic E-state index is -0.630. The van der Waals surface area contributed by atoms with E-state index in [0.29, 0.717) is 23.3 Å². The van der Waals surface area contributed by atoms with Crippen LogP contribution in [0.5, 0.6) is 17.2 Å². The third kappa shape index (κ3) is 6.60. The number of hydrazone groups is 1. The van der Waals surface area contributed by atoms with Gasteiger partial charge in [-0.05, 0) is 19.1 Å². The van der Waals surface area contributed by atoms with Gasteiger partial charge in [0.25, 0.3) is 11.6 Å². The van der Waals surface area contributed by atoms with E-state index in [2.05, 4.69) is 27.3 Å². The maximum atomic E-state index is 12.6. The third-order valence-electron chi connectivity index (χ3n) is 4.77. The van der Waals surface area contributed by atoms with Crippen LogP contribution in [0.2, 0.25) is 0 Å². The first-order valence-electron chi connectivity index (χ1n) is 10.6. The normalized spacial score (nSPS) is 11.7. The number of thioether (sulfide) groups is 1. The van der Waals surface area contributed by atoms with Gasteiger partial charge >= 0.3 is 0 Å². The molecule has 1 amide bonds. The van der Waals surface area contributed by atoms with Crippen molar-refractivity contribution in [3.8, 4) is 17.2 Å². The zero-order valence-electron chi connectivity index (χ0n) is 19.5. The standard InChI is InChI=1S/C23H24N6O6S/c1-4-10-28-20(14-35-18-8-6-5-7-9-18)25-27-23(28)36-15(2)22(31)26-24-13-16-11-17(29(32)33)12-19(34-3)21(16)30/h4-9,11-13,15,30H,1,10,14H2,2-3H3,(H,26,31)/b24-13-/t15-/m1/s1. The molecule has 1 heterocycles. The minimum Gasteiger partial charge on any atom is -0.504 e. The molecule has 1 aromatic heterocycles. The lowest BCUT2D eigenvalue weighted by molar-refractivity contribution is -0.385. The summed E-state index contributed by atoms with van der Waals surface area (Å²) in [6, 6.07) is 11.5. The molecule has 1 atom stereocenters. The second-order valence-electron chi connectivity index (χ2n) is 7.24. The topological polar surface area (TPSA) is 154 Å². The highest BCUT2D eigenvalue weighted by Crippen LogP contribution is 2.33. The van der Waals surface area contributed by atoms with E-state index in [9.17, 15) is 20.0 Å². The van der Waals surface area contributed by atoms with Gasteiger partial charge in [-0.2, -0.15) is 5.10 Å². The van der Waals surface area contributed by atoms with E-state index in [0.717, 1.165) is 30.1 Å². The summed E-state index contributed by atoms with van der Waals surface area (Å²) in [6.45, 7) is 6.03. The van der Waals surface area contributed by atoms with Gasteiger partial charge < -0.3 is 14.6 Å². The van der Waals surface area contributed by atoms with Crippen molar-refractivity contribution < 1.29 is 24.3 Å². The van der Waals surface area contributed by atoms with Crippen LogP contribution >= 0.6 is 11.8 Å². The summed E-state index contributed by atoms with van der Waals surface area (Å²) in [5, 5.41) is 33.3. The monoisotopic (exact) mass is 512 g/mol. The number of hydrogen-bond donors (Lipinski definition) is 2. The molecule has 188 valence electrons. The lowest BCUT2D eigenvalue weighted by Crippen LogP contribution is -2.27. The van der Waals surface area contributed by atoms with Crippen molar-refractivity contribution in [2.24, 2.45) is 5.10 Å². The molecule has 3 rings (SSSR count). The zero-order valence-corrected chi connectivity index (χ0v) is 20.3. The number of phenolic OH excluding ortho intramolecular Hbond substituents is 1. The number of rotatable bonds is 12. The number of non-ortho nitro benzene ring substituents is 1. The Hall–Kier alpha value is -4.39. The van der Waals surface area contributed by atoms with Crippen LogP contribution in [0.25, 0.3) is 0 Å². The molecule has 2 N–H and O–H groups in total. The van der Waals surface area contributed by atoms with E-state index in [4.69, 9.17) is 9.47 Å². The zero-order chi connectivity index (χ0) is 26.1. The Kier molecular flexibility index (Phi) is 9.00. The van der Waals surface area contributed by atoms with Gasteiger partial charge in [0.15, 0.2) is 22.5 Å². The van der Waals surface area contributed by atoms with Crippen LogP contribution in [-0.2, 0) is 17.9 Å². The number of methoxy groups -OCH3 is 1. The molecule has 0 bridgehead atoms. The van der Waals surface area contributed by atoms with Crippen LogP contribution in [0, 0.1) is 10.1 Å². The van der Waals surface area contributed by atoms with E-state index < -0.39 is 16.1 Å². The molecule has 0 aliphatic heterocycles. The van der Waals surface area contributed by atoms with Gasteiger partial charge in [0.2, 0.25) is 0 Å². The first kappa shape index (κ1) is 26.2. The number of phenols is 1. The molecule has 2 aromatic carbocycles. The molecule has 13 heteroatoms. The SMILES string of the molecule is C=CCn1c(COc2ccccc2)nnc1S[C@H](C)C(=O)N/N=C\c1cc([N+](=O)[O-])cc(OC)c1O. The van der Waals surface area contributed by atoms with E-state index in [1.165, 1.54) is 7.11 Å². The number of aromatic nitrogens is 3. The van der Waals surface area contributed by atoms with E-state index >= 15 is 0 Å². The maximum Gasteiger partial charge on any atom is 0.274 e. The third-order valence-corrected chi connectivity index (χ3v) is 5.85. The number of para-hydroxylation sites is 1. The number of benzene rings is 2. The fraction of sp³-hybridized carbons (Fsp3) is 0.217. The highest BCUT2D eigenvalue weighted by molar-refractivity contribution is 8.00. The summed E-state index contributed by atoms with van der Waals surface area (Å²) in [7, 11) is 1.27. The Morgan fingerprint density at radius 1 is 1.36 bits per heavy atom.